The number of aromatic amines is 1. The van der Waals surface area contributed by atoms with Crippen molar-refractivity contribution < 1.29 is 32.6 Å². The maximum atomic E-state index is 12.5. The number of nitrogens with zero attached hydrogens (tertiary/aromatic N) is 1. The van der Waals surface area contributed by atoms with Crippen molar-refractivity contribution in [1.29, 1.82) is 0 Å². The number of hydrogen-bond acceptors (Lipinski definition) is 8. The van der Waals surface area contributed by atoms with Gasteiger partial charge in [-0.15, -0.1) is 0 Å². The Morgan fingerprint density at radius 3 is 2.34 bits per heavy atom. The number of carbonyl (C=O) groups is 3. The zero-order valence-corrected chi connectivity index (χ0v) is 31.4. The molecule has 6 rings (SSSR count). The minimum Gasteiger partial charge on any atom is -0.495 e. The lowest BCUT2D eigenvalue weighted by Crippen LogP contribution is -2.47. The topological polar surface area (TPSA) is 175 Å². The van der Waals surface area contributed by atoms with Crippen molar-refractivity contribution in [2.75, 3.05) is 20.3 Å². The van der Waals surface area contributed by atoms with Crippen molar-refractivity contribution in [2.24, 2.45) is 11.8 Å². The Labute approximate surface area is 297 Å². The molecule has 0 radical (unpaired) electrons. The van der Waals surface area contributed by atoms with Crippen LogP contribution in [-0.4, -0.2) is 78.7 Å². The van der Waals surface area contributed by atoms with E-state index in [9.17, 15) is 27.6 Å². The highest BCUT2D eigenvalue weighted by Gasteiger charge is 2.54. The first-order valence-corrected chi connectivity index (χ1v) is 19.5. The van der Waals surface area contributed by atoms with Gasteiger partial charge in [-0.05, 0) is 62.8 Å². The molecule has 2 aromatic rings. The number of allylic oxidation sites excluding steroid dienone is 1. The second-order valence-electron chi connectivity index (χ2n) is 12.6. The minimum atomic E-state index is -3.62. The third kappa shape index (κ3) is 11.7. The van der Waals surface area contributed by atoms with Crippen molar-refractivity contribution in [3.63, 3.8) is 0 Å². The molecular formula is C37H58N4O8S. The van der Waals surface area contributed by atoms with Crippen LogP contribution in [-0.2, 0) is 24.4 Å². The summed E-state index contributed by atoms with van der Waals surface area (Å²) in [6.45, 7) is 10.5. The third-order valence-electron chi connectivity index (χ3n) is 9.13. The molecule has 4 aliphatic rings. The van der Waals surface area contributed by atoms with Gasteiger partial charge in [-0.1, -0.05) is 77.8 Å². The summed E-state index contributed by atoms with van der Waals surface area (Å²) in [5.41, 5.74) is -0.0867. The number of H-pyrrole nitrogens is 1. The number of aliphatic hydroxyl groups excluding tert-OH is 1. The fourth-order valence-corrected chi connectivity index (χ4v) is 7.13. The van der Waals surface area contributed by atoms with E-state index in [-0.39, 0.29) is 29.8 Å². The van der Waals surface area contributed by atoms with Gasteiger partial charge in [-0.2, -0.15) is 0 Å². The van der Waals surface area contributed by atoms with Gasteiger partial charge in [0.25, 0.3) is 5.56 Å². The first-order valence-electron chi connectivity index (χ1n) is 18.0. The molecule has 4 N–H and O–H groups in total. The summed E-state index contributed by atoms with van der Waals surface area (Å²) in [5, 5.41) is 13.3. The van der Waals surface area contributed by atoms with Gasteiger partial charge >= 0.3 is 0 Å². The van der Waals surface area contributed by atoms with Crippen LogP contribution in [0, 0.1) is 11.8 Å². The fourth-order valence-electron chi connectivity index (χ4n) is 5.94. The molecule has 2 saturated carbocycles. The van der Waals surface area contributed by atoms with Crippen molar-refractivity contribution in [3.8, 4) is 5.75 Å². The molecule has 12 nitrogen and oxygen atoms in total. The zero-order chi connectivity index (χ0) is 37.3. The lowest BCUT2D eigenvalue weighted by Gasteiger charge is -2.25. The van der Waals surface area contributed by atoms with Gasteiger partial charge < -0.3 is 25.0 Å². The number of ether oxygens (including phenoxy) is 1. The molecule has 0 bridgehead atoms. The van der Waals surface area contributed by atoms with Gasteiger partial charge in [0, 0.05) is 30.6 Å². The summed E-state index contributed by atoms with van der Waals surface area (Å²) >= 11 is 0. The van der Waals surface area contributed by atoms with Gasteiger partial charge in [0.2, 0.25) is 28.2 Å². The molecule has 1 aromatic heterocycles. The second kappa shape index (κ2) is 20.8. The maximum absolute atomic E-state index is 12.5. The Balaban J connectivity index is 0.000000265. The monoisotopic (exact) mass is 718 g/mol. The number of hydrogen-bond donors (Lipinski definition) is 4. The molecular weight excluding hydrogens is 660 g/mol. The van der Waals surface area contributed by atoms with Crippen LogP contribution >= 0.6 is 0 Å². The third-order valence-corrected chi connectivity index (χ3v) is 11.2. The SMILES string of the molecule is CC.CC.CC1CCCC/C=C\C2CC2NC(=O)C2CCCN2C(=O)C1.COc1c[nH]c(=O)c2ccccc12.O=CNS(=O)(=O)C1(CO)CC1. The summed E-state index contributed by atoms with van der Waals surface area (Å²) in [4.78, 5) is 50.6. The molecule has 3 heterocycles. The molecule has 13 heteroatoms. The Bertz CT molecular complexity index is 1570. The summed E-state index contributed by atoms with van der Waals surface area (Å²) < 4.78 is 27.8. The van der Waals surface area contributed by atoms with E-state index < -0.39 is 21.4 Å². The number of nitrogens with one attached hydrogen (secondary N) is 3. The molecule has 4 unspecified atom stereocenters. The largest absolute Gasteiger partial charge is 0.495 e. The van der Waals surface area contributed by atoms with E-state index in [0.717, 1.165) is 44.0 Å². The van der Waals surface area contributed by atoms with E-state index >= 15 is 0 Å². The molecule has 2 aliphatic heterocycles. The van der Waals surface area contributed by atoms with Gasteiger partial charge in [-0.3, -0.25) is 23.9 Å². The van der Waals surface area contributed by atoms with Crippen LogP contribution in [0.25, 0.3) is 10.8 Å². The van der Waals surface area contributed by atoms with Gasteiger partial charge in [0.15, 0.2) is 0 Å². The second-order valence-corrected chi connectivity index (χ2v) is 14.7. The Morgan fingerprint density at radius 1 is 1.04 bits per heavy atom. The molecule has 3 fully saturated rings. The smallest absolute Gasteiger partial charge is 0.256 e. The van der Waals surface area contributed by atoms with Crippen LogP contribution in [0.3, 0.4) is 0 Å². The Morgan fingerprint density at radius 2 is 1.72 bits per heavy atom. The van der Waals surface area contributed by atoms with Crippen LogP contribution in [0.1, 0.15) is 98.8 Å². The van der Waals surface area contributed by atoms with Crippen LogP contribution in [0.4, 0.5) is 0 Å². The van der Waals surface area contributed by atoms with Crippen molar-refractivity contribution in [2.45, 2.75) is 116 Å². The van der Waals surface area contributed by atoms with Crippen molar-refractivity contribution in [3.05, 3.63) is 53.0 Å². The number of benzene rings is 1. The highest BCUT2D eigenvalue weighted by Crippen LogP contribution is 2.42. The standard InChI is InChI=1S/C18H28N2O2.C10H9NO2.C5H9NO4S.2C2H6/c1-13-7-4-2-3-5-8-14-12-15(14)19-18(22)16-9-6-10-20(16)17(21)11-13;1-13-9-6-11-10(12)8-5-3-2-4-7(8)9;7-3-5(1-2-5)11(9,10)6-4-8;2*1-2/h5,8,13-16H,2-4,6-7,9-12H2,1H3,(H,19,22);2-6H,1H3,(H,11,12);4,7H,1-3H2,(H,6,8);2*1-2H3/b8-5-;;;;. The summed E-state index contributed by atoms with van der Waals surface area (Å²) in [7, 11) is -2.03. The van der Waals surface area contributed by atoms with Gasteiger partial charge in [-0.25, -0.2) is 8.42 Å². The van der Waals surface area contributed by atoms with Crippen molar-refractivity contribution >= 4 is 39.0 Å². The number of fused-ring (bicyclic) bond motifs is 3. The Kier molecular flexibility index (Phi) is 17.7. The number of rotatable bonds is 5. The molecule has 3 amide bonds. The van der Waals surface area contributed by atoms with Gasteiger partial charge in [0.05, 0.1) is 19.1 Å². The molecule has 4 atom stereocenters. The molecule has 2 aliphatic carbocycles. The van der Waals surface area contributed by atoms with E-state index in [0.29, 0.717) is 48.3 Å². The maximum Gasteiger partial charge on any atom is 0.256 e. The van der Waals surface area contributed by atoms with E-state index in [1.165, 1.54) is 12.8 Å². The van der Waals surface area contributed by atoms with Crippen LogP contribution in [0.2, 0.25) is 0 Å². The first kappa shape index (κ1) is 42.5. The van der Waals surface area contributed by atoms with Crippen molar-refractivity contribution in [1.82, 2.24) is 19.9 Å². The zero-order valence-electron chi connectivity index (χ0n) is 30.6. The average Bonchev–Trinajstić information content (AvgIpc) is 4.04. The first-order chi connectivity index (χ1) is 24.1. The van der Waals surface area contributed by atoms with Crippen LogP contribution in [0.5, 0.6) is 5.75 Å². The highest BCUT2D eigenvalue weighted by atomic mass is 32.2. The fraction of sp³-hybridized carbons (Fsp3) is 0.622. The number of amides is 3. The predicted octanol–water partition coefficient (Wildman–Crippen LogP) is 4.81. The molecule has 50 heavy (non-hydrogen) atoms. The predicted molar refractivity (Wildman–Crippen MR) is 197 cm³/mol. The van der Waals surface area contributed by atoms with E-state index in [1.807, 2.05) is 50.8 Å². The van der Waals surface area contributed by atoms with E-state index in [1.54, 1.807) is 24.1 Å². The lowest BCUT2D eigenvalue weighted by atomic mass is 9.99. The summed E-state index contributed by atoms with van der Waals surface area (Å²) in [5.74, 6) is 1.85. The average molecular weight is 719 g/mol. The molecule has 0 spiro atoms. The van der Waals surface area contributed by atoms with Crippen LogP contribution < -0.4 is 20.3 Å². The number of aromatic nitrogens is 1. The number of carbonyl (C=O) groups excluding carboxylic acids is 3. The van der Waals surface area contributed by atoms with E-state index in [2.05, 4.69) is 29.4 Å². The summed E-state index contributed by atoms with van der Waals surface area (Å²) in [6, 6.07) is 7.42. The number of methoxy groups -OCH3 is 1. The highest BCUT2D eigenvalue weighted by molar-refractivity contribution is 7.91. The number of aliphatic hydroxyl groups is 1. The molecule has 1 aromatic carbocycles. The van der Waals surface area contributed by atoms with E-state index in [4.69, 9.17) is 9.84 Å². The number of sulfonamides is 1. The Hall–Kier alpha value is -3.71. The lowest BCUT2D eigenvalue weighted by molar-refractivity contribution is -0.139. The quantitative estimate of drug-likeness (QED) is 0.252. The molecule has 280 valence electrons. The van der Waals surface area contributed by atoms with Crippen LogP contribution in [0.15, 0.2) is 47.4 Å². The summed E-state index contributed by atoms with van der Waals surface area (Å²) in [6.07, 6.45) is 15.1. The molecule has 1 saturated heterocycles. The van der Waals surface area contributed by atoms with Gasteiger partial charge in [0.1, 0.15) is 16.5 Å². The normalized spacial score (nSPS) is 24.3. The minimum absolute atomic E-state index is 0.0641. The number of pyridine rings is 1.